The highest BCUT2D eigenvalue weighted by Gasteiger charge is 2.48. The molecule has 0 spiro atoms. The highest BCUT2D eigenvalue weighted by Crippen LogP contribution is 2.52. The van der Waals surface area contributed by atoms with Crippen molar-refractivity contribution in [2.45, 2.75) is 46.0 Å². The molecule has 0 amide bonds. The number of allylic oxidation sites excluding steroid dienone is 2. The zero-order valence-corrected chi connectivity index (χ0v) is 9.25. The van der Waals surface area contributed by atoms with Crippen LogP contribution >= 0.6 is 0 Å². The molecule has 2 aliphatic rings. The van der Waals surface area contributed by atoms with Crippen molar-refractivity contribution in [1.82, 2.24) is 0 Å². The van der Waals surface area contributed by atoms with Gasteiger partial charge in [0.1, 0.15) is 5.78 Å². The average Bonchev–Trinajstić information content (AvgIpc) is 2.73. The Morgan fingerprint density at radius 2 is 2.29 bits per heavy atom. The van der Waals surface area contributed by atoms with Gasteiger partial charge < -0.3 is 0 Å². The van der Waals surface area contributed by atoms with E-state index in [0.29, 0.717) is 17.6 Å². The number of ketones is 1. The molecule has 78 valence electrons. The van der Waals surface area contributed by atoms with Crippen LogP contribution in [0.2, 0.25) is 0 Å². The van der Waals surface area contributed by atoms with Crippen LogP contribution in [-0.4, -0.2) is 5.78 Å². The third-order valence-electron chi connectivity index (χ3n) is 4.07. The average molecular weight is 192 g/mol. The monoisotopic (exact) mass is 192 g/mol. The molecule has 1 fully saturated rings. The van der Waals surface area contributed by atoms with E-state index >= 15 is 0 Å². The molecule has 1 unspecified atom stereocenters. The van der Waals surface area contributed by atoms with E-state index in [1.165, 1.54) is 6.42 Å². The minimum absolute atomic E-state index is 0.00537. The minimum Gasteiger partial charge on any atom is -0.299 e. The second-order valence-electron chi connectivity index (χ2n) is 5.14. The summed E-state index contributed by atoms with van der Waals surface area (Å²) in [5.74, 6) is 1.77. The Kier molecular flexibility index (Phi) is 2.50. The fourth-order valence-electron chi connectivity index (χ4n) is 3.04. The molecule has 0 aromatic heterocycles. The first kappa shape index (κ1) is 9.95. The molecular weight excluding hydrogens is 172 g/mol. The van der Waals surface area contributed by atoms with Crippen molar-refractivity contribution < 1.29 is 4.79 Å². The molecule has 0 aromatic rings. The van der Waals surface area contributed by atoms with Crippen molar-refractivity contribution in [2.75, 3.05) is 0 Å². The molecule has 0 radical (unpaired) electrons. The molecule has 3 atom stereocenters. The van der Waals surface area contributed by atoms with Gasteiger partial charge in [-0.25, -0.2) is 0 Å². The summed E-state index contributed by atoms with van der Waals surface area (Å²) in [6.45, 7) is 4.33. The Bertz CT molecular complexity index is 266. The van der Waals surface area contributed by atoms with Gasteiger partial charge >= 0.3 is 0 Å². The van der Waals surface area contributed by atoms with E-state index in [1.807, 2.05) is 0 Å². The predicted molar refractivity (Wildman–Crippen MR) is 58.0 cm³/mol. The third-order valence-corrected chi connectivity index (χ3v) is 4.07. The number of fused-ring (bicyclic) bond motifs is 2. The van der Waals surface area contributed by atoms with E-state index in [2.05, 4.69) is 26.0 Å². The first-order chi connectivity index (χ1) is 6.66. The largest absolute Gasteiger partial charge is 0.299 e. The van der Waals surface area contributed by atoms with Gasteiger partial charge in [-0.05, 0) is 31.1 Å². The summed E-state index contributed by atoms with van der Waals surface area (Å²) in [5, 5.41) is 0. The number of Topliss-reactive ketones (excluding diaryl/α,β-unsaturated/α-hetero) is 1. The van der Waals surface area contributed by atoms with Gasteiger partial charge in [0.15, 0.2) is 0 Å². The van der Waals surface area contributed by atoms with Crippen molar-refractivity contribution in [3.05, 3.63) is 12.2 Å². The van der Waals surface area contributed by atoms with Gasteiger partial charge in [0.25, 0.3) is 0 Å². The summed E-state index contributed by atoms with van der Waals surface area (Å²) in [7, 11) is 0. The molecule has 1 nitrogen and oxygen atoms in total. The molecule has 0 N–H and O–H groups in total. The van der Waals surface area contributed by atoms with Crippen molar-refractivity contribution in [2.24, 2.45) is 17.3 Å². The molecule has 0 saturated heterocycles. The summed E-state index contributed by atoms with van der Waals surface area (Å²) in [6, 6.07) is 0. The van der Waals surface area contributed by atoms with Crippen LogP contribution in [0.15, 0.2) is 12.2 Å². The lowest BCUT2D eigenvalue weighted by Gasteiger charge is -2.29. The maximum atomic E-state index is 12.1. The summed E-state index contributed by atoms with van der Waals surface area (Å²) in [5.41, 5.74) is -0.00537. The minimum atomic E-state index is -0.00537. The Labute approximate surface area is 86.6 Å². The van der Waals surface area contributed by atoms with Crippen molar-refractivity contribution in [1.29, 1.82) is 0 Å². The Morgan fingerprint density at radius 1 is 1.50 bits per heavy atom. The first-order valence-corrected chi connectivity index (χ1v) is 5.88. The van der Waals surface area contributed by atoms with Crippen LogP contribution in [0, 0.1) is 17.3 Å². The molecule has 14 heavy (non-hydrogen) atoms. The van der Waals surface area contributed by atoms with E-state index in [4.69, 9.17) is 0 Å². The first-order valence-electron chi connectivity index (χ1n) is 5.88. The number of carbonyl (C=O) groups excluding carboxylic acids is 1. The van der Waals surface area contributed by atoms with Crippen LogP contribution in [0.5, 0.6) is 0 Å². The van der Waals surface area contributed by atoms with Crippen molar-refractivity contribution in [3.63, 3.8) is 0 Å². The lowest BCUT2D eigenvalue weighted by molar-refractivity contribution is -0.129. The van der Waals surface area contributed by atoms with E-state index in [9.17, 15) is 4.79 Å². The maximum Gasteiger partial charge on any atom is 0.139 e. The molecule has 1 saturated carbocycles. The SMILES string of the molecule is CCCCC(=O)[C@@]1(C)CC2C=C[C@H]1C2. The van der Waals surface area contributed by atoms with Gasteiger partial charge in [-0.3, -0.25) is 4.79 Å². The number of carbonyl (C=O) groups is 1. The number of hydrogen-bond donors (Lipinski definition) is 0. The maximum absolute atomic E-state index is 12.1. The van der Waals surface area contributed by atoms with Crippen LogP contribution in [0.3, 0.4) is 0 Å². The standard InChI is InChI=1S/C13H20O/c1-3-4-5-12(14)13(2)9-10-6-7-11(13)8-10/h6-7,10-11H,3-5,8-9H2,1-2H3/t10?,11-,13-/m0/s1. The van der Waals surface area contributed by atoms with Gasteiger partial charge in [-0.1, -0.05) is 32.4 Å². The van der Waals surface area contributed by atoms with Gasteiger partial charge in [-0.2, -0.15) is 0 Å². The summed E-state index contributed by atoms with van der Waals surface area (Å²) >= 11 is 0. The smallest absolute Gasteiger partial charge is 0.139 e. The quantitative estimate of drug-likeness (QED) is 0.624. The normalized spacial score (nSPS) is 39.3. The van der Waals surface area contributed by atoms with E-state index in [0.717, 1.165) is 25.7 Å². The molecule has 1 heteroatoms. The van der Waals surface area contributed by atoms with Gasteiger partial charge in [0, 0.05) is 11.8 Å². The molecule has 0 aliphatic heterocycles. The van der Waals surface area contributed by atoms with Crippen LogP contribution in [-0.2, 0) is 4.79 Å². The van der Waals surface area contributed by atoms with Gasteiger partial charge in [0.2, 0.25) is 0 Å². The molecular formula is C13H20O. The molecule has 2 rings (SSSR count). The zero-order valence-electron chi connectivity index (χ0n) is 9.25. The number of unbranched alkanes of at least 4 members (excludes halogenated alkanes) is 1. The highest BCUT2D eigenvalue weighted by atomic mass is 16.1. The van der Waals surface area contributed by atoms with Gasteiger partial charge in [0.05, 0.1) is 0 Å². The van der Waals surface area contributed by atoms with Crippen molar-refractivity contribution in [3.8, 4) is 0 Å². The third kappa shape index (κ3) is 1.43. The Morgan fingerprint density at radius 3 is 2.79 bits per heavy atom. The fourth-order valence-corrected chi connectivity index (χ4v) is 3.04. The molecule has 0 aromatic carbocycles. The summed E-state index contributed by atoms with van der Waals surface area (Å²) in [4.78, 5) is 12.1. The Balaban J connectivity index is 2.03. The molecule has 0 heterocycles. The lowest BCUT2D eigenvalue weighted by atomic mass is 9.73. The summed E-state index contributed by atoms with van der Waals surface area (Å²) in [6.07, 6.45) is 9.91. The topological polar surface area (TPSA) is 17.1 Å². The lowest BCUT2D eigenvalue weighted by Crippen LogP contribution is -2.31. The van der Waals surface area contributed by atoms with Crippen LogP contribution in [0.25, 0.3) is 0 Å². The predicted octanol–water partition coefficient (Wildman–Crippen LogP) is 3.35. The molecule has 2 aliphatic carbocycles. The van der Waals surface area contributed by atoms with Gasteiger partial charge in [-0.15, -0.1) is 0 Å². The van der Waals surface area contributed by atoms with E-state index < -0.39 is 0 Å². The number of rotatable bonds is 4. The second-order valence-corrected chi connectivity index (χ2v) is 5.14. The van der Waals surface area contributed by atoms with E-state index in [1.54, 1.807) is 0 Å². The van der Waals surface area contributed by atoms with E-state index in [-0.39, 0.29) is 5.41 Å². The second kappa shape index (κ2) is 3.52. The summed E-state index contributed by atoms with van der Waals surface area (Å²) < 4.78 is 0. The van der Waals surface area contributed by atoms with Crippen LogP contribution < -0.4 is 0 Å². The number of hydrogen-bond acceptors (Lipinski definition) is 1. The molecule has 2 bridgehead atoms. The van der Waals surface area contributed by atoms with Crippen molar-refractivity contribution >= 4 is 5.78 Å². The Hall–Kier alpha value is -0.590. The van der Waals surface area contributed by atoms with Crippen LogP contribution in [0.1, 0.15) is 46.0 Å². The fraction of sp³-hybridized carbons (Fsp3) is 0.769. The highest BCUT2D eigenvalue weighted by molar-refractivity contribution is 5.85. The zero-order chi connectivity index (χ0) is 10.2. The van der Waals surface area contributed by atoms with Crippen LogP contribution in [0.4, 0.5) is 0 Å².